The van der Waals surface area contributed by atoms with Gasteiger partial charge in [-0.25, -0.2) is 0 Å². The Labute approximate surface area is 156 Å². The number of nitrogens with zero attached hydrogens (tertiary/aromatic N) is 1. The Morgan fingerprint density at radius 2 is 2.12 bits per heavy atom. The topological polar surface area (TPSA) is 86.7 Å². The van der Waals surface area contributed by atoms with E-state index < -0.39 is 18.3 Å². The van der Waals surface area contributed by atoms with Gasteiger partial charge in [0, 0.05) is 40.1 Å². The predicted octanol–water partition coefficient (Wildman–Crippen LogP) is 1.04. The van der Waals surface area contributed by atoms with Gasteiger partial charge >= 0.3 is 0 Å². The smallest absolute Gasteiger partial charge is 0.245 e. The fourth-order valence-electron chi connectivity index (χ4n) is 2.77. The molecule has 0 saturated carbocycles. The van der Waals surface area contributed by atoms with Crippen molar-refractivity contribution in [3.63, 3.8) is 0 Å². The number of amides is 1. The fraction of sp³-hybridized carbons (Fsp3) is 0.667. The Bertz CT molecular complexity index is 720. The molecule has 0 radical (unpaired) electrons. The Morgan fingerprint density at radius 3 is 2.72 bits per heavy atom. The SMILES string of the molecule is CNC(=O)COC1C(OC)[C@@H](COC)O[C@H]1c1cn(C)c(=S)[nH]c1=S. The molecule has 1 saturated heterocycles. The van der Waals surface area contributed by atoms with Gasteiger partial charge in [0.1, 0.15) is 35.7 Å². The first-order valence-electron chi connectivity index (χ1n) is 7.72. The van der Waals surface area contributed by atoms with Crippen LogP contribution in [0, 0.1) is 9.41 Å². The molecule has 1 aromatic heterocycles. The van der Waals surface area contributed by atoms with Gasteiger partial charge in [-0.1, -0.05) is 12.2 Å². The predicted molar refractivity (Wildman–Crippen MR) is 95.5 cm³/mol. The molecule has 10 heteroatoms. The van der Waals surface area contributed by atoms with E-state index in [4.69, 9.17) is 43.4 Å². The third-order valence-electron chi connectivity index (χ3n) is 4.04. The second-order valence-electron chi connectivity index (χ2n) is 5.65. The number of hydrogen-bond acceptors (Lipinski definition) is 7. The number of hydrogen-bond donors (Lipinski definition) is 2. The first-order chi connectivity index (χ1) is 11.9. The number of ether oxygens (including phenoxy) is 4. The van der Waals surface area contributed by atoms with Crippen molar-refractivity contribution in [2.75, 3.05) is 34.5 Å². The fourth-order valence-corrected chi connectivity index (χ4v) is 3.26. The Balaban J connectivity index is 2.37. The maximum atomic E-state index is 11.6. The van der Waals surface area contributed by atoms with Crippen LogP contribution in [0.1, 0.15) is 11.7 Å². The first-order valence-corrected chi connectivity index (χ1v) is 8.53. The lowest BCUT2D eigenvalue weighted by Gasteiger charge is -2.23. The second-order valence-corrected chi connectivity index (χ2v) is 6.45. The van der Waals surface area contributed by atoms with Gasteiger partial charge in [0.05, 0.1) is 6.61 Å². The monoisotopic (exact) mass is 389 g/mol. The highest BCUT2D eigenvalue weighted by atomic mass is 32.1. The number of H-pyrrole nitrogens is 1. The van der Waals surface area contributed by atoms with Gasteiger partial charge in [-0.3, -0.25) is 4.79 Å². The summed E-state index contributed by atoms with van der Waals surface area (Å²) in [5.41, 5.74) is 0.716. The van der Waals surface area contributed by atoms with Crippen molar-refractivity contribution in [1.82, 2.24) is 14.9 Å². The van der Waals surface area contributed by atoms with Crippen LogP contribution in [0.5, 0.6) is 0 Å². The van der Waals surface area contributed by atoms with Gasteiger partial charge in [0.2, 0.25) is 5.91 Å². The molecule has 2 N–H and O–H groups in total. The van der Waals surface area contributed by atoms with Gasteiger partial charge in [-0.05, 0) is 12.2 Å². The molecular weight excluding hydrogens is 366 g/mol. The minimum Gasteiger partial charge on any atom is -0.382 e. The lowest BCUT2D eigenvalue weighted by molar-refractivity contribution is -0.131. The van der Waals surface area contributed by atoms with Gasteiger partial charge in [-0.15, -0.1) is 0 Å². The number of aryl methyl sites for hydroxylation is 1. The van der Waals surface area contributed by atoms with E-state index in [1.54, 1.807) is 25.8 Å². The average Bonchev–Trinajstić information content (AvgIpc) is 2.93. The van der Waals surface area contributed by atoms with Crippen LogP contribution in [0.3, 0.4) is 0 Å². The second kappa shape index (κ2) is 8.97. The number of rotatable bonds is 7. The highest BCUT2D eigenvalue weighted by Gasteiger charge is 2.47. The molecule has 8 nitrogen and oxygen atoms in total. The summed E-state index contributed by atoms with van der Waals surface area (Å²) in [6.07, 6.45) is 0.0214. The normalized spacial score (nSPS) is 25.9. The molecule has 0 aromatic carbocycles. The minimum atomic E-state index is -0.520. The molecule has 1 aliphatic heterocycles. The summed E-state index contributed by atoms with van der Waals surface area (Å²) in [7, 11) is 6.52. The third kappa shape index (κ3) is 4.52. The van der Waals surface area contributed by atoms with E-state index in [-0.39, 0.29) is 18.6 Å². The third-order valence-corrected chi connectivity index (χ3v) is 4.77. The van der Waals surface area contributed by atoms with E-state index >= 15 is 0 Å². The molecule has 0 bridgehead atoms. The zero-order valence-corrected chi connectivity index (χ0v) is 16.2. The van der Waals surface area contributed by atoms with Crippen LogP contribution >= 0.6 is 24.4 Å². The Morgan fingerprint density at radius 1 is 1.40 bits per heavy atom. The van der Waals surface area contributed by atoms with Crippen molar-refractivity contribution in [2.45, 2.75) is 24.4 Å². The number of nitrogens with one attached hydrogen (secondary N) is 2. The van der Waals surface area contributed by atoms with Crippen LogP contribution < -0.4 is 5.32 Å². The van der Waals surface area contributed by atoms with Gasteiger partial charge in [-0.2, -0.15) is 0 Å². The molecule has 140 valence electrons. The number of carbonyl (C=O) groups is 1. The molecule has 0 spiro atoms. The van der Waals surface area contributed by atoms with Crippen molar-refractivity contribution in [1.29, 1.82) is 0 Å². The molecule has 1 aliphatic rings. The van der Waals surface area contributed by atoms with E-state index in [2.05, 4.69) is 10.3 Å². The summed E-state index contributed by atoms with van der Waals surface area (Å²) in [6, 6.07) is 0. The van der Waals surface area contributed by atoms with Crippen LogP contribution in [0.2, 0.25) is 0 Å². The minimum absolute atomic E-state index is 0.109. The Hall–Kier alpha value is -1.17. The van der Waals surface area contributed by atoms with Crippen molar-refractivity contribution < 1.29 is 23.7 Å². The van der Waals surface area contributed by atoms with Crippen molar-refractivity contribution in [3.05, 3.63) is 21.2 Å². The van der Waals surface area contributed by atoms with Crippen LogP contribution in [-0.4, -0.2) is 68.3 Å². The van der Waals surface area contributed by atoms with E-state index in [1.165, 1.54) is 0 Å². The van der Waals surface area contributed by atoms with Gasteiger partial charge in [0.15, 0.2) is 4.77 Å². The lowest BCUT2D eigenvalue weighted by atomic mass is 10.0. The molecule has 2 rings (SSSR count). The standard InChI is InChI=1S/C15H23N3O5S2/c1-16-10(19)7-22-13-11(23-9(6-20-3)12(13)21-4)8-5-18(2)15(25)17-14(8)24/h5,9,11-13H,6-7H2,1-4H3,(H,16,19)(H,17,24,25)/t9-,11+,12?,13?/m1/s1. The largest absolute Gasteiger partial charge is 0.382 e. The van der Waals surface area contributed by atoms with Gasteiger partial charge < -0.3 is 33.8 Å². The molecule has 2 heterocycles. The molecule has 25 heavy (non-hydrogen) atoms. The highest BCUT2D eigenvalue weighted by molar-refractivity contribution is 7.72. The van der Waals surface area contributed by atoms with E-state index in [1.807, 2.05) is 13.2 Å². The summed E-state index contributed by atoms with van der Waals surface area (Å²) < 4.78 is 25.4. The summed E-state index contributed by atoms with van der Waals surface area (Å²) in [4.78, 5) is 14.6. The molecule has 1 amide bonds. The number of likely N-dealkylation sites (N-methyl/N-ethyl adjacent to an activating group) is 1. The Kier molecular flexibility index (Phi) is 7.23. The quantitative estimate of drug-likeness (QED) is 0.674. The van der Waals surface area contributed by atoms with Gasteiger partial charge in [0.25, 0.3) is 0 Å². The zero-order valence-electron chi connectivity index (χ0n) is 14.6. The first kappa shape index (κ1) is 20.1. The number of carbonyl (C=O) groups excluding carboxylic acids is 1. The molecular formula is C15H23N3O5S2. The number of methoxy groups -OCH3 is 2. The van der Waals surface area contributed by atoms with E-state index in [0.29, 0.717) is 21.6 Å². The summed E-state index contributed by atoms with van der Waals surface area (Å²) in [5.74, 6) is -0.236. The summed E-state index contributed by atoms with van der Waals surface area (Å²) in [6.45, 7) is 0.221. The average molecular weight is 389 g/mol. The highest BCUT2D eigenvalue weighted by Crippen LogP contribution is 2.37. The van der Waals surface area contributed by atoms with Crippen LogP contribution in [-0.2, 0) is 30.8 Å². The maximum Gasteiger partial charge on any atom is 0.245 e. The van der Waals surface area contributed by atoms with Crippen LogP contribution in [0.25, 0.3) is 0 Å². The van der Waals surface area contributed by atoms with Crippen molar-refractivity contribution >= 4 is 30.3 Å². The number of aromatic amines is 1. The lowest BCUT2D eigenvalue weighted by Crippen LogP contribution is -2.39. The van der Waals surface area contributed by atoms with Crippen molar-refractivity contribution in [2.24, 2.45) is 7.05 Å². The maximum absolute atomic E-state index is 11.6. The van der Waals surface area contributed by atoms with E-state index in [9.17, 15) is 4.79 Å². The number of aromatic nitrogens is 2. The zero-order chi connectivity index (χ0) is 18.6. The summed E-state index contributed by atoms with van der Waals surface area (Å²) >= 11 is 10.6. The van der Waals surface area contributed by atoms with Crippen LogP contribution in [0.4, 0.5) is 0 Å². The molecule has 4 atom stereocenters. The van der Waals surface area contributed by atoms with Crippen LogP contribution in [0.15, 0.2) is 6.20 Å². The molecule has 0 aliphatic carbocycles. The molecule has 2 unspecified atom stereocenters. The van der Waals surface area contributed by atoms with E-state index in [0.717, 1.165) is 0 Å². The molecule has 1 fully saturated rings. The molecule has 1 aromatic rings. The summed E-state index contributed by atoms with van der Waals surface area (Å²) in [5, 5.41) is 2.53. The van der Waals surface area contributed by atoms with Crippen molar-refractivity contribution in [3.8, 4) is 0 Å².